The molecule has 3 aliphatic carbocycles. The average Bonchev–Trinajstić information content (AvgIpc) is 3.27. The summed E-state index contributed by atoms with van der Waals surface area (Å²) in [5.41, 5.74) is -9.03. The lowest BCUT2D eigenvalue weighted by Gasteiger charge is -2.65. The van der Waals surface area contributed by atoms with Crippen LogP contribution in [0.5, 0.6) is 0 Å². The smallest absolute Gasteiger partial charge is 0.338 e. The van der Waals surface area contributed by atoms with Gasteiger partial charge in [0.1, 0.15) is 29.5 Å². The predicted molar refractivity (Wildman–Crippen MR) is 230 cm³/mol. The lowest BCUT2D eigenvalue weighted by molar-refractivity contribution is -0.297. The van der Waals surface area contributed by atoms with Gasteiger partial charge in [-0.15, -0.1) is 0 Å². The number of carbonyl (C=O) groups is 6. The fraction of sp³-hybridized carbons (Fsp3) is 0.469. The van der Waals surface area contributed by atoms with Crippen LogP contribution >= 0.6 is 0 Å². The monoisotopic (exact) mass is 899 g/mol. The van der Waals surface area contributed by atoms with E-state index in [0.717, 1.165) is 13.8 Å². The van der Waals surface area contributed by atoms with Crippen molar-refractivity contribution in [3.63, 3.8) is 0 Å². The van der Waals surface area contributed by atoms with Crippen molar-refractivity contribution in [1.82, 2.24) is 5.32 Å². The molecule has 6 rings (SSSR count). The molecule has 1 amide bonds. The summed E-state index contributed by atoms with van der Waals surface area (Å²) in [6.45, 7) is 8.27. The molecule has 16 nitrogen and oxygen atoms in total. The van der Waals surface area contributed by atoms with Gasteiger partial charge in [-0.05, 0) is 53.8 Å². The molecule has 16 heteroatoms. The van der Waals surface area contributed by atoms with Crippen LogP contribution < -0.4 is 5.32 Å². The van der Waals surface area contributed by atoms with E-state index in [1.165, 1.54) is 46.8 Å². The zero-order valence-electron chi connectivity index (χ0n) is 37.3. The van der Waals surface area contributed by atoms with Crippen LogP contribution in [0.4, 0.5) is 0 Å². The molecular weight excluding hydrogens is 843 g/mol. The van der Waals surface area contributed by atoms with E-state index < -0.39 is 132 Å². The van der Waals surface area contributed by atoms with Gasteiger partial charge in [-0.1, -0.05) is 94.4 Å². The maximum atomic E-state index is 15.8. The summed E-state index contributed by atoms with van der Waals surface area (Å²) in [7, 11) is 0. The molecule has 2 unspecified atom stereocenters. The summed E-state index contributed by atoms with van der Waals surface area (Å²) >= 11 is 0. The first kappa shape index (κ1) is 48.7. The van der Waals surface area contributed by atoms with E-state index in [1.807, 2.05) is 0 Å². The van der Waals surface area contributed by atoms with Crippen molar-refractivity contribution in [3.05, 3.63) is 119 Å². The van der Waals surface area contributed by atoms with Gasteiger partial charge in [0, 0.05) is 43.6 Å². The molecule has 3 aliphatic rings. The van der Waals surface area contributed by atoms with Crippen LogP contribution in [-0.4, -0.2) is 116 Å². The van der Waals surface area contributed by atoms with Gasteiger partial charge in [0.15, 0.2) is 18.0 Å². The normalized spacial score (nSPS) is 30.4. The fourth-order valence-corrected chi connectivity index (χ4v) is 10.6. The van der Waals surface area contributed by atoms with E-state index in [0.29, 0.717) is 5.56 Å². The zero-order valence-corrected chi connectivity index (χ0v) is 37.3. The Kier molecular flexibility index (Phi) is 13.9. The third-order valence-electron chi connectivity index (χ3n) is 13.8. The highest BCUT2D eigenvalue weighted by Gasteiger charge is 2.77. The summed E-state index contributed by atoms with van der Waals surface area (Å²) in [5.74, 6) is -9.00. The number of Topliss-reactive ketones (excluding diaryl/α,β-unsaturated/α-hetero) is 1. The Hall–Kier alpha value is -5.78. The van der Waals surface area contributed by atoms with Gasteiger partial charge in [-0.25, -0.2) is 9.59 Å². The van der Waals surface area contributed by atoms with E-state index in [-0.39, 0.29) is 22.3 Å². The topological polar surface area (TPSA) is 253 Å². The highest BCUT2D eigenvalue weighted by atomic mass is 16.6. The Labute approximate surface area is 376 Å². The number of hydrogen-bond donors (Lipinski definition) is 6. The van der Waals surface area contributed by atoms with Crippen molar-refractivity contribution in [2.75, 3.05) is 6.61 Å². The minimum absolute atomic E-state index is 0.0333. The largest absolute Gasteiger partial charge is 0.459 e. The third-order valence-corrected chi connectivity index (χ3v) is 13.8. The van der Waals surface area contributed by atoms with E-state index in [1.54, 1.807) is 78.9 Å². The highest BCUT2D eigenvalue weighted by Crippen LogP contribution is 2.64. The van der Waals surface area contributed by atoms with Gasteiger partial charge in [0.2, 0.25) is 0 Å². The molecule has 6 N–H and O–H groups in total. The Morgan fingerprint density at radius 1 is 0.800 bits per heavy atom. The molecule has 2 fully saturated rings. The van der Waals surface area contributed by atoms with E-state index in [9.17, 15) is 49.5 Å². The van der Waals surface area contributed by atoms with Crippen LogP contribution in [0, 0.1) is 22.7 Å². The molecule has 3 aromatic rings. The number of fused-ring (bicyclic) bond motifs is 3. The molecular formula is C49H57NO15. The number of esters is 4. The summed E-state index contributed by atoms with van der Waals surface area (Å²) in [4.78, 5) is 83.8. The Bertz CT molecular complexity index is 2320. The SMILES string of the molecule is CC(=O)O[C@H]1C(=O)[C@@]2(C(C)C)C([C@H](OC(=O)c3ccccc3)[C@]3(O)C[C@H](OC(=O)[C@H](O)C(NC(=O)c4ccccc4)c4ccccc4)C(C)=C1C3(C)C)[C@](O)(CO)[C@@H](OC(C)=O)C[C@@H]2O. The molecule has 0 saturated heterocycles. The Morgan fingerprint density at radius 2 is 1.34 bits per heavy atom. The quantitative estimate of drug-likeness (QED) is 0.0867. The van der Waals surface area contributed by atoms with Gasteiger partial charge in [0.05, 0.1) is 29.7 Å². The molecule has 2 saturated carbocycles. The van der Waals surface area contributed by atoms with E-state index >= 15 is 4.79 Å². The molecule has 0 radical (unpaired) electrons. The minimum atomic E-state index is -2.77. The number of ether oxygens (including phenoxy) is 4. The number of hydrogen-bond acceptors (Lipinski definition) is 15. The van der Waals surface area contributed by atoms with Gasteiger partial charge >= 0.3 is 23.9 Å². The third kappa shape index (κ3) is 8.49. The lowest BCUT2D eigenvalue weighted by atomic mass is 9.43. The summed E-state index contributed by atoms with van der Waals surface area (Å²) < 4.78 is 23.8. The minimum Gasteiger partial charge on any atom is -0.459 e. The maximum absolute atomic E-state index is 15.8. The number of nitrogens with one attached hydrogen (secondary N) is 1. The standard InChI is InChI=1S/C49H57NO15/c1-26(2)49-34(54)23-35(62-28(4)52)47(60,25-51)40(49)42(65-44(58)32-21-15-10-16-22-32)48(61)24-33(27(3)36(46(48,6)7)39(41(49)56)63-29(5)53)64-45(59)38(55)37(30-17-11-8-12-18-30)50-43(57)31-19-13-9-14-20-31/h8-22,26,33-35,37-40,42,51,54-55,60-61H,23-25H2,1-7H3,(H,50,57)/t33-,34-,35-,37?,38+,39+,40?,42-,47-,48+,49+/m0/s1. The number of aliphatic hydroxyl groups excluding tert-OH is 3. The van der Waals surface area contributed by atoms with Crippen LogP contribution in [-0.2, 0) is 38.1 Å². The van der Waals surface area contributed by atoms with Crippen molar-refractivity contribution in [1.29, 1.82) is 0 Å². The van der Waals surface area contributed by atoms with Gasteiger partial charge in [-0.2, -0.15) is 0 Å². The average molecular weight is 900 g/mol. The molecule has 2 bridgehead atoms. The number of rotatable bonds is 12. The highest BCUT2D eigenvalue weighted by molar-refractivity contribution is 5.96. The molecule has 65 heavy (non-hydrogen) atoms. The molecule has 0 aromatic heterocycles. The van der Waals surface area contributed by atoms with Gasteiger partial charge < -0.3 is 49.8 Å². The Morgan fingerprint density at radius 3 is 1.86 bits per heavy atom. The maximum Gasteiger partial charge on any atom is 0.338 e. The first-order chi connectivity index (χ1) is 30.6. The second-order valence-electron chi connectivity index (χ2n) is 18.1. The van der Waals surface area contributed by atoms with Crippen molar-refractivity contribution < 1.29 is 73.2 Å². The first-order valence-corrected chi connectivity index (χ1v) is 21.5. The summed E-state index contributed by atoms with van der Waals surface area (Å²) in [6.07, 6.45) is -12.7. The first-order valence-electron chi connectivity index (χ1n) is 21.5. The van der Waals surface area contributed by atoms with E-state index in [2.05, 4.69) is 5.32 Å². The second kappa shape index (κ2) is 18.6. The van der Waals surface area contributed by atoms with Crippen LogP contribution in [0.3, 0.4) is 0 Å². The zero-order chi connectivity index (χ0) is 47.8. The van der Waals surface area contributed by atoms with Gasteiger partial charge in [-0.3, -0.25) is 19.2 Å². The molecule has 11 atom stereocenters. The molecule has 348 valence electrons. The van der Waals surface area contributed by atoms with Crippen LogP contribution in [0.1, 0.15) is 93.6 Å². The van der Waals surface area contributed by atoms with Crippen molar-refractivity contribution in [3.8, 4) is 0 Å². The second-order valence-corrected chi connectivity index (χ2v) is 18.1. The van der Waals surface area contributed by atoms with Crippen molar-refractivity contribution in [2.45, 2.75) is 115 Å². The number of ketones is 1. The van der Waals surface area contributed by atoms with Crippen molar-refractivity contribution >= 4 is 35.6 Å². The fourth-order valence-electron chi connectivity index (χ4n) is 10.6. The molecule has 0 aliphatic heterocycles. The number of amides is 1. The van der Waals surface area contributed by atoms with Crippen LogP contribution in [0.25, 0.3) is 0 Å². The molecule has 0 spiro atoms. The van der Waals surface area contributed by atoms with Crippen LogP contribution in [0.2, 0.25) is 0 Å². The predicted octanol–water partition coefficient (Wildman–Crippen LogP) is 3.33. The van der Waals surface area contributed by atoms with Crippen molar-refractivity contribution in [2.24, 2.45) is 22.7 Å². The summed E-state index contributed by atoms with van der Waals surface area (Å²) in [6, 6.07) is 22.4. The number of benzene rings is 3. The Balaban J connectivity index is 1.58. The lowest BCUT2D eigenvalue weighted by Crippen LogP contribution is -2.79. The summed E-state index contributed by atoms with van der Waals surface area (Å²) in [5, 5.41) is 64.9. The number of aliphatic hydroxyl groups is 5. The van der Waals surface area contributed by atoms with Gasteiger partial charge in [0.25, 0.3) is 5.91 Å². The van der Waals surface area contributed by atoms with Crippen LogP contribution in [0.15, 0.2) is 102 Å². The number of carbonyl (C=O) groups excluding carboxylic acids is 6. The van der Waals surface area contributed by atoms with E-state index in [4.69, 9.17) is 18.9 Å². The molecule has 3 aromatic carbocycles. The molecule has 0 heterocycles.